The van der Waals surface area contributed by atoms with Crippen molar-refractivity contribution in [2.45, 2.75) is 58.8 Å². The van der Waals surface area contributed by atoms with E-state index in [0.717, 1.165) is 19.5 Å². The topological polar surface area (TPSA) is 83.1 Å². The summed E-state index contributed by atoms with van der Waals surface area (Å²) >= 11 is 0. The molecule has 0 radical (unpaired) electrons. The summed E-state index contributed by atoms with van der Waals surface area (Å²) in [6.07, 6.45) is 0.734. The molecule has 37 heavy (non-hydrogen) atoms. The number of carbonyl (C=O) groups is 2. The highest BCUT2D eigenvalue weighted by Crippen LogP contribution is 2.26. The molecule has 0 aliphatic carbocycles. The minimum absolute atomic E-state index is 0.00184. The fourth-order valence-corrected chi connectivity index (χ4v) is 4.63. The molecule has 0 aromatic heterocycles. The van der Waals surface area contributed by atoms with Gasteiger partial charge in [0.05, 0.1) is 11.7 Å². The lowest BCUT2D eigenvalue weighted by Crippen LogP contribution is -2.40. The van der Waals surface area contributed by atoms with E-state index in [9.17, 15) is 9.59 Å². The summed E-state index contributed by atoms with van der Waals surface area (Å²) in [7, 11) is 3.48. The molecule has 2 aromatic carbocycles. The van der Waals surface area contributed by atoms with Crippen LogP contribution in [0.3, 0.4) is 0 Å². The van der Waals surface area contributed by atoms with Crippen molar-refractivity contribution < 1.29 is 19.1 Å². The number of amides is 3. The van der Waals surface area contributed by atoms with Crippen LogP contribution in [-0.2, 0) is 11.3 Å². The Balaban J connectivity index is 1.90. The fraction of sp³-hybridized carbons (Fsp3) is 0.517. The number of nitrogens with zero attached hydrogens (tertiary/aromatic N) is 2. The first-order chi connectivity index (χ1) is 17.7. The number of hydrogen-bond donors (Lipinski definition) is 2. The van der Waals surface area contributed by atoms with Crippen LogP contribution in [-0.4, -0.2) is 73.8 Å². The average Bonchev–Trinajstić information content (AvgIpc) is 2.86. The second-order valence-electron chi connectivity index (χ2n) is 10.4. The summed E-state index contributed by atoms with van der Waals surface area (Å²) < 4.78 is 12.1. The second-order valence-corrected chi connectivity index (χ2v) is 10.4. The molecule has 3 amide bonds. The van der Waals surface area contributed by atoms with Gasteiger partial charge in [0.25, 0.3) is 5.91 Å². The van der Waals surface area contributed by atoms with Crippen LogP contribution in [0, 0.1) is 5.92 Å². The third-order valence-corrected chi connectivity index (χ3v) is 6.59. The van der Waals surface area contributed by atoms with Gasteiger partial charge in [0.1, 0.15) is 12.4 Å². The van der Waals surface area contributed by atoms with Gasteiger partial charge in [-0.15, -0.1) is 0 Å². The van der Waals surface area contributed by atoms with E-state index >= 15 is 0 Å². The SMILES string of the molecule is CO[C@@H]1C[C@@H](C)CN(Cc2ccccc2)[C@@H](C)COc2ccc(NC(=O)NC(C)C)cc2C(=O)N(C)C1. The van der Waals surface area contributed by atoms with Gasteiger partial charge >= 0.3 is 6.03 Å². The molecule has 0 unspecified atom stereocenters. The summed E-state index contributed by atoms with van der Waals surface area (Å²) in [6, 6.07) is 15.4. The highest BCUT2D eigenvalue weighted by molar-refractivity contribution is 5.99. The Hall–Kier alpha value is -3.10. The molecule has 1 heterocycles. The van der Waals surface area contributed by atoms with E-state index < -0.39 is 0 Å². The van der Waals surface area contributed by atoms with Gasteiger partial charge < -0.3 is 25.0 Å². The first-order valence-electron chi connectivity index (χ1n) is 13.1. The van der Waals surface area contributed by atoms with Crippen LogP contribution in [0.15, 0.2) is 48.5 Å². The maximum absolute atomic E-state index is 13.5. The summed E-state index contributed by atoms with van der Waals surface area (Å²) in [5, 5.41) is 5.62. The first-order valence-corrected chi connectivity index (χ1v) is 13.1. The van der Waals surface area contributed by atoms with Gasteiger partial charge in [0.2, 0.25) is 0 Å². The van der Waals surface area contributed by atoms with E-state index in [1.807, 2.05) is 19.9 Å². The number of fused-ring (bicyclic) bond motifs is 1. The lowest BCUT2D eigenvalue weighted by molar-refractivity contribution is 0.0396. The zero-order valence-corrected chi connectivity index (χ0v) is 23.0. The summed E-state index contributed by atoms with van der Waals surface area (Å²) in [5.41, 5.74) is 2.19. The van der Waals surface area contributed by atoms with E-state index in [4.69, 9.17) is 9.47 Å². The lowest BCUT2D eigenvalue weighted by atomic mass is 10.0. The minimum Gasteiger partial charge on any atom is -0.491 e. The van der Waals surface area contributed by atoms with Gasteiger partial charge in [-0.3, -0.25) is 9.69 Å². The van der Waals surface area contributed by atoms with Crippen molar-refractivity contribution in [1.82, 2.24) is 15.1 Å². The Kier molecular flexibility index (Phi) is 10.3. The van der Waals surface area contributed by atoms with E-state index in [1.54, 1.807) is 37.3 Å². The van der Waals surface area contributed by atoms with Crippen LogP contribution in [0.1, 0.15) is 50.0 Å². The van der Waals surface area contributed by atoms with Crippen LogP contribution in [0.25, 0.3) is 0 Å². The van der Waals surface area contributed by atoms with Crippen molar-refractivity contribution in [2.24, 2.45) is 5.92 Å². The molecular formula is C29H42N4O4. The molecule has 0 bridgehead atoms. The Labute approximate surface area is 221 Å². The van der Waals surface area contributed by atoms with Crippen molar-refractivity contribution >= 4 is 17.6 Å². The van der Waals surface area contributed by atoms with Gasteiger partial charge in [-0.05, 0) is 56.9 Å². The van der Waals surface area contributed by atoms with Crippen LogP contribution < -0.4 is 15.4 Å². The molecule has 1 aliphatic heterocycles. The van der Waals surface area contributed by atoms with E-state index in [2.05, 4.69) is 53.6 Å². The first kappa shape index (κ1) is 28.5. The number of hydrogen-bond acceptors (Lipinski definition) is 5. The molecule has 202 valence electrons. The largest absolute Gasteiger partial charge is 0.491 e. The number of benzene rings is 2. The number of ether oxygens (including phenoxy) is 2. The number of carbonyl (C=O) groups excluding carboxylic acids is 2. The fourth-order valence-electron chi connectivity index (χ4n) is 4.63. The molecule has 0 saturated heterocycles. The summed E-state index contributed by atoms with van der Waals surface area (Å²) in [4.78, 5) is 29.9. The predicted octanol–water partition coefficient (Wildman–Crippen LogP) is 4.61. The van der Waals surface area contributed by atoms with Gasteiger partial charge in [0.15, 0.2) is 0 Å². The maximum Gasteiger partial charge on any atom is 0.319 e. The third kappa shape index (κ3) is 8.47. The number of anilines is 1. The number of methoxy groups -OCH3 is 1. The molecule has 8 nitrogen and oxygen atoms in total. The molecule has 0 fully saturated rings. The maximum atomic E-state index is 13.5. The van der Waals surface area contributed by atoms with Crippen molar-refractivity contribution in [1.29, 1.82) is 0 Å². The number of urea groups is 1. The Morgan fingerprint density at radius 3 is 2.54 bits per heavy atom. The number of nitrogens with one attached hydrogen (secondary N) is 2. The number of rotatable bonds is 5. The van der Waals surface area contributed by atoms with Gasteiger partial charge in [0, 0.05) is 51.6 Å². The normalized spacial score (nSPS) is 21.8. The molecule has 1 aliphatic rings. The van der Waals surface area contributed by atoms with Crippen LogP contribution >= 0.6 is 0 Å². The van der Waals surface area contributed by atoms with Crippen LogP contribution in [0.4, 0.5) is 10.5 Å². The average molecular weight is 511 g/mol. The highest BCUT2D eigenvalue weighted by atomic mass is 16.5. The van der Waals surface area contributed by atoms with Gasteiger partial charge in [-0.2, -0.15) is 0 Å². The van der Waals surface area contributed by atoms with Crippen molar-refractivity contribution in [3.05, 3.63) is 59.7 Å². The molecule has 8 heteroatoms. The molecular weight excluding hydrogens is 468 g/mol. The minimum atomic E-state index is -0.320. The molecule has 2 aromatic rings. The van der Waals surface area contributed by atoms with Crippen molar-refractivity contribution in [2.75, 3.05) is 39.2 Å². The lowest BCUT2D eigenvalue weighted by Gasteiger charge is -2.32. The highest BCUT2D eigenvalue weighted by Gasteiger charge is 2.26. The zero-order valence-electron chi connectivity index (χ0n) is 23.0. The monoisotopic (exact) mass is 510 g/mol. The van der Waals surface area contributed by atoms with E-state index in [-0.39, 0.29) is 30.1 Å². The second kappa shape index (κ2) is 13.4. The van der Waals surface area contributed by atoms with Crippen molar-refractivity contribution in [3.8, 4) is 5.75 Å². The standard InChI is InChI=1S/C29H42N4O4/c1-20(2)30-29(35)31-24-12-13-27-26(15-24)28(34)32(5)18-25(36-6)14-21(3)16-33(22(4)19-37-27)17-23-10-8-7-9-11-23/h7-13,15,20-22,25H,14,16-19H2,1-6H3,(H2,30,31,35)/t21-,22+,25-/m1/s1. The van der Waals surface area contributed by atoms with Gasteiger partial charge in [-0.25, -0.2) is 4.79 Å². The van der Waals surface area contributed by atoms with E-state index in [0.29, 0.717) is 36.1 Å². The molecule has 2 N–H and O–H groups in total. The molecule has 0 spiro atoms. The number of likely N-dealkylation sites (N-methyl/N-ethyl adjacent to an activating group) is 1. The van der Waals surface area contributed by atoms with Crippen LogP contribution in [0.5, 0.6) is 5.75 Å². The summed E-state index contributed by atoms with van der Waals surface area (Å²) in [6.45, 7) is 10.8. The molecule has 0 saturated carbocycles. The third-order valence-electron chi connectivity index (χ3n) is 6.59. The Morgan fingerprint density at radius 2 is 1.86 bits per heavy atom. The van der Waals surface area contributed by atoms with E-state index in [1.165, 1.54) is 5.56 Å². The smallest absolute Gasteiger partial charge is 0.319 e. The Bertz CT molecular complexity index is 1030. The molecule has 3 atom stereocenters. The van der Waals surface area contributed by atoms with Crippen LogP contribution in [0.2, 0.25) is 0 Å². The van der Waals surface area contributed by atoms with Crippen molar-refractivity contribution in [3.63, 3.8) is 0 Å². The molecule has 3 rings (SSSR count). The quantitative estimate of drug-likeness (QED) is 0.614. The zero-order chi connectivity index (χ0) is 26.9. The van der Waals surface area contributed by atoms with Gasteiger partial charge in [-0.1, -0.05) is 37.3 Å². The Morgan fingerprint density at radius 1 is 1.14 bits per heavy atom. The predicted molar refractivity (Wildman–Crippen MR) is 147 cm³/mol. The summed E-state index contributed by atoms with van der Waals surface area (Å²) in [5.74, 6) is 0.683.